The van der Waals surface area contributed by atoms with Crippen LogP contribution in [0.5, 0.6) is 0 Å². The Morgan fingerprint density at radius 1 is 1.11 bits per heavy atom. The van der Waals surface area contributed by atoms with E-state index in [9.17, 15) is 22.0 Å². The van der Waals surface area contributed by atoms with E-state index in [1.807, 2.05) is 30.3 Å². The van der Waals surface area contributed by atoms with Crippen LogP contribution >= 0.6 is 27.3 Å². The lowest BCUT2D eigenvalue weighted by molar-refractivity contribution is -0.123. The Balaban J connectivity index is 1.38. The third-order valence-corrected chi connectivity index (χ3v) is 9.64. The molecule has 192 valence electrons. The minimum Gasteiger partial charge on any atom is -0.282 e. The highest BCUT2D eigenvalue weighted by molar-refractivity contribution is 9.10. The smallest absolute Gasteiger partial charge is 0.246 e. The summed E-state index contributed by atoms with van der Waals surface area (Å²) in [6.07, 6.45) is 2.14. The Morgan fingerprint density at radius 3 is 2.62 bits per heavy atom. The Kier molecular flexibility index (Phi) is 7.35. The number of nitrogens with zero attached hydrogens (tertiary/aromatic N) is 4. The van der Waals surface area contributed by atoms with Gasteiger partial charge in [0.2, 0.25) is 15.9 Å². The van der Waals surface area contributed by atoms with Crippen molar-refractivity contribution in [2.24, 2.45) is 5.92 Å². The van der Waals surface area contributed by atoms with Crippen molar-refractivity contribution in [2.75, 3.05) is 18.0 Å². The molecule has 1 amide bonds. The second kappa shape index (κ2) is 10.5. The first-order valence-corrected chi connectivity index (χ1v) is 14.5. The number of rotatable bonds is 6. The molecule has 0 unspecified atom stereocenters. The zero-order valence-corrected chi connectivity index (χ0v) is 22.6. The van der Waals surface area contributed by atoms with Crippen LogP contribution in [0.15, 0.2) is 70.2 Å². The van der Waals surface area contributed by atoms with Crippen molar-refractivity contribution in [1.29, 1.82) is 0 Å². The van der Waals surface area contributed by atoms with Crippen LogP contribution in [0.4, 0.5) is 13.9 Å². The largest absolute Gasteiger partial charge is 0.282 e. The average molecular weight is 608 g/mol. The molecule has 1 fully saturated rings. The average Bonchev–Trinajstić information content (AvgIpc) is 3.32. The number of carbonyl (C=O) groups excluding carboxylic acids is 1. The zero-order chi connectivity index (χ0) is 26.2. The van der Waals surface area contributed by atoms with Crippen LogP contribution in [0, 0.1) is 17.6 Å². The topological polar surface area (TPSA) is 83.5 Å². The molecule has 2 aromatic carbocycles. The predicted molar refractivity (Wildman–Crippen MR) is 141 cm³/mol. The number of fused-ring (bicyclic) bond motifs is 1. The molecule has 2 aromatic heterocycles. The van der Waals surface area contributed by atoms with Gasteiger partial charge in [-0.25, -0.2) is 22.2 Å². The van der Waals surface area contributed by atoms with Gasteiger partial charge in [0.1, 0.15) is 16.5 Å². The van der Waals surface area contributed by atoms with E-state index < -0.39 is 32.5 Å². The van der Waals surface area contributed by atoms with E-state index >= 15 is 0 Å². The maximum Gasteiger partial charge on any atom is 0.246 e. The van der Waals surface area contributed by atoms with Gasteiger partial charge in [-0.05, 0) is 61.4 Å². The quantitative estimate of drug-likeness (QED) is 0.295. The SMILES string of the molecule is O=C(C1CCN(S(=O)(=O)c2cc(F)ccc2F)CC1)N(Cc1ccccn1)c1nc2ccc(Br)cc2s1. The standard InChI is InChI=1S/C25H21BrF2N4O3S2/c26-17-4-7-21-22(13-17)36-25(30-21)32(15-19-3-1-2-10-29-19)24(33)16-8-11-31(12-9-16)37(34,35)23-14-18(27)5-6-20(23)28/h1-7,10,13-14,16H,8-9,11-12,15H2. The fourth-order valence-electron chi connectivity index (χ4n) is 4.27. The Labute approximate surface area is 224 Å². The van der Waals surface area contributed by atoms with E-state index in [1.54, 1.807) is 17.2 Å². The second-order valence-corrected chi connectivity index (χ2v) is 12.4. The predicted octanol–water partition coefficient (Wildman–Crippen LogP) is 5.37. The Hall–Kier alpha value is -2.80. The van der Waals surface area contributed by atoms with Gasteiger partial charge in [0.05, 0.1) is 22.5 Å². The van der Waals surface area contributed by atoms with Crippen LogP contribution in [0.25, 0.3) is 10.2 Å². The summed E-state index contributed by atoms with van der Waals surface area (Å²) in [4.78, 5) is 23.7. The highest BCUT2D eigenvalue weighted by atomic mass is 79.9. The molecule has 4 aromatic rings. The first-order chi connectivity index (χ1) is 17.7. The molecule has 37 heavy (non-hydrogen) atoms. The fraction of sp³-hybridized carbons (Fsp3) is 0.240. The Bertz CT molecular complexity index is 1560. The number of halogens is 3. The molecule has 0 bridgehead atoms. The molecule has 5 rings (SSSR count). The monoisotopic (exact) mass is 606 g/mol. The summed E-state index contributed by atoms with van der Waals surface area (Å²) in [7, 11) is -4.24. The minimum atomic E-state index is -4.24. The van der Waals surface area contributed by atoms with E-state index in [1.165, 1.54) is 11.3 Å². The molecule has 0 atom stereocenters. The summed E-state index contributed by atoms with van der Waals surface area (Å²) in [5.74, 6) is -2.49. The fourth-order valence-corrected chi connectivity index (χ4v) is 7.34. The van der Waals surface area contributed by atoms with Gasteiger partial charge in [0.25, 0.3) is 0 Å². The van der Waals surface area contributed by atoms with Gasteiger partial charge in [0.15, 0.2) is 5.13 Å². The van der Waals surface area contributed by atoms with E-state index in [2.05, 4.69) is 25.9 Å². The molecule has 3 heterocycles. The van der Waals surface area contributed by atoms with E-state index in [0.29, 0.717) is 16.9 Å². The van der Waals surface area contributed by atoms with Crippen molar-refractivity contribution in [3.05, 3.63) is 82.6 Å². The maximum absolute atomic E-state index is 14.2. The van der Waals surface area contributed by atoms with Crippen LogP contribution in [-0.4, -0.2) is 41.7 Å². The number of aromatic nitrogens is 2. The van der Waals surface area contributed by atoms with Crippen LogP contribution < -0.4 is 4.90 Å². The van der Waals surface area contributed by atoms with Crippen LogP contribution in [0.3, 0.4) is 0 Å². The summed E-state index contributed by atoms with van der Waals surface area (Å²) in [6.45, 7) is 0.242. The number of piperidine rings is 1. The minimum absolute atomic E-state index is 0.0128. The van der Waals surface area contributed by atoms with Crippen LogP contribution in [0.1, 0.15) is 18.5 Å². The molecule has 0 spiro atoms. The molecule has 1 aliphatic rings. The molecule has 0 N–H and O–H groups in total. The first-order valence-electron chi connectivity index (χ1n) is 11.4. The van der Waals surface area contributed by atoms with E-state index in [4.69, 9.17) is 0 Å². The normalized spacial score (nSPS) is 15.2. The summed E-state index contributed by atoms with van der Waals surface area (Å²) in [6, 6.07) is 13.5. The summed E-state index contributed by atoms with van der Waals surface area (Å²) in [5.41, 5.74) is 1.46. The van der Waals surface area contributed by atoms with Gasteiger partial charge in [-0.15, -0.1) is 0 Å². The molecule has 1 aliphatic heterocycles. The zero-order valence-electron chi connectivity index (χ0n) is 19.4. The molecule has 7 nitrogen and oxygen atoms in total. The van der Waals surface area contributed by atoms with Crippen molar-refractivity contribution in [3.63, 3.8) is 0 Å². The summed E-state index contributed by atoms with van der Waals surface area (Å²) < 4.78 is 56.7. The van der Waals surface area contributed by atoms with E-state index in [0.717, 1.165) is 31.1 Å². The highest BCUT2D eigenvalue weighted by Crippen LogP contribution is 2.34. The number of carbonyl (C=O) groups is 1. The third-order valence-electron chi connectivity index (χ3n) is 6.20. The summed E-state index contributed by atoms with van der Waals surface area (Å²) in [5, 5.41) is 0.528. The van der Waals surface area contributed by atoms with Crippen molar-refractivity contribution in [2.45, 2.75) is 24.3 Å². The first kappa shape index (κ1) is 25.8. The molecular weight excluding hydrogens is 586 g/mol. The number of sulfonamides is 1. The van der Waals surface area contributed by atoms with Gasteiger partial charge >= 0.3 is 0 Å². The molecule has 0 saturated carbocycles. The maximum atomic E-state index is 14.2. The van der Waals surface area contributed by atoms with Crippen molar-refractivity contribution >= 4 is 58.5 Å². The molecule has 0 aliphatic carbocycles. The van der Waals surface area contributed by atoms with Gasteiger partial charge < -0.3 is 0 Å². The third kappa shape index (κ3) is 5.42. The van der Waals surface area contributed by atoms with Crippen molar-refractivity contribution < 1.29 is 22.0 Å². The molecule has 0 radical (unpaired) electrons. The number of benzene rings is 2. The van der Waals surface area contributed by atoms with Crippen molar-refractivity contribution in [1.82, 2.24) is 14.3 Å². The molecule has 12 heteroatoms. The number of anilines is 1. The lowest BCUT2D eigenvalue weighted by atomic mass is 9.96. The Morgan fingerprint density at radius 2 is 1.89 bits per heavy atom. The number of amides is 1. The number of hydrogen-bond donors (Lipinski definition) is 0. The van der Waals surface area contributed by atoms with Gasteiger partial charge in [-0.2, -0.15) is 4.31 Å². The number of hydrogen-bond acceptors (Lipinski definition) is 6. The highest BCUT2D eigenvalue weighted by Gasteiger charge is 2.36. The lowest BCUT2D eigenvalue weighted by Crippen LogP contribution is -2.44. The summed E-state index contributed by atoms with van der Waals surface area (Å²) >= 11 is 4.85. The van der Waals surface area contributed by atoms with Gasteiger partial charge in [-0.1, -0.05) is 33.3 Å². The van der Waals surface area contributed by atoms with Crippen LogP contribution in [0.2, 0.25) is 0 Å². The van der Waals surface area contributed by atoms with Gasteiger partial charge in [-0.3, -0.25) is 14.7 Å². The number of thiazole rings is 1. The van der Waals surface area contributed by atoms with E-state index in [-0.39, 0.29) is 38.4 Å². The second-order valence-electron chi connectivity index (χ2n) is 8.61. The van der Waals surface area contributed by atoms with Crippen molar-refractivity contribution in [3.8, 4) is 0 Å². The molecular formula is C25H21BrF2N4O3S2. The molecule has 1 saturated heterocycles. The van der Waals surface area contributed by atoms with Gasteiger partial charge in [0, 0.05) is 29.7 Å². The number of pyridine rings is 1. The lowest BCUT2D eigenvalue weighted by Gasteiger charge is -2.33. The van der Waals surface area contributed by atoms with Crippen LogP contribution in [-0.2, 0) is 21.4 Å².